The molecular weight excluding hydrogens is 291 g/mol. The normalized spacial score (nSPS) is 11.8. The van der Waals surface area contributed by atoms with Gasteiger partial charge in [0, 0.05) is 17.0 Å². The minimum absolute atomic E-state index is 0.0307. The number of sulfonamides is 1. The van der Waals surface area contributed by atoms with Crippen LogP contribution in [0.4, 0.5) is 9.61 Å². The Balaban J connectivity index is 2.03. The van der Waals surface area contributed by atoms with Crippen LogP contribution in [0, 0.1) is 0 Å². The van der Waals surface area contributed by atoms with Crippen LogP contribution in [0.1, 0.15) is 0 Å². The maximum absolute atomic E-state index is 13.1. The van der Waals surface area contributed by atoms with Crippen molar-refractivity contribution in [3.8, 4) is 0 Å². The van der Waals surface area contributed by atoms with Crippen molar-refractivity contribution in [2.24, 2.45) is 0 Å². The molecule has 19 heavy (non-hydrogen) atoms. The van der Waals surface area contributed by atoms with E-state index in [0.717, 1.165) is 0 Å². The number of hydrogen-bond donors (Lipinski definition) is 1. The Morgan fingerprint density at radius 2 is 2.21 bits per heavy atom. The van der Waals surface area contributed by atoms with Crippen molar-refractivity contribution in [2.45, 2.75) is 4.90 Å². The fourth-order valence-corrected chi connectivity index (χ4v) is 3.42. The van der Waals surface area contributed by atoms with Crippen LogP contribution in [-0.2, 0) is 10.0 Å². The smallest absolute Gasteiger partial charge is 0.255 e. The highest BCUT2D eigenvalue weighted by molar-refractivity contribution is 7.93. The SMILES string of the molecule is O=S(=O)(Nc1nccs1)c1ccc2c(cnn2F)c1. The maximum Gasteiger partial charge on any atom is 0.263 e. The molecule has 6 nitrogen and oxygen atoms in total. The first-order valence-electron chi connectivity index (χ1n) is 5.12. The van der Waals surface area contributed by atoms with Crippen molar-refractivity contribution in [1.82, 2.24) is 15.0 Å². The monoisotopic (exact) mass is 298 g/mol. The van der Waals surface area contributed by atoms with Crippen molar-refractivity contribution in [1.29, 1.82) is 0 Å². The van der Waals surface area contributed by atoms with Gasteiger partial charge in [-0.1, -0.05) is 9.39 Å². The van der Waals surface area contributed by atoms with E-state index in [4.69, 9.17) is 0 Å². The second-order valence-electron chi connectivity index (χ2n) is 3.67. The molecular formula is C10H7FN4O2S2. The Bertz CT molecular complexity index is 826. The van der Waals surface area contributed by atoms with E-state index in [0.29, 0.717) is 5.39 Å². The van der Waals surface area contributed by atoms with E-state index in [-0.39, 0.29) is 20.4 Å². The number of aromatic nitrogens is 3. The van der Waals surface area contributed by atoms with Crippen LogP contribution in [-0.4, -0.2) is 23.4 Å². The predicted octanol–water partition coefficient (Wildman–Crippen LogP) is 2.03. The second kappa shape index (κ2) is 4.28. The third-order valence-electron chi connectivity index (χ3n) is 2.46. The number of anilines is 1. The van der Waals surface area contributed by atoms with Gasteiger partial charge in [-0.05, 0) is 18.2 Å². The minimum atomic E-state index is -3.73. The van der Waals surface area contributed by atoms with E-state index in [9.17, 15) is 12.9 Å². The third kappa shape index (κ3) is 2.17. The van der Waals surface area contributed by atoms with Gasteiger partial charge in [-0.15, -0.1) is 16.4 Å². The standard InChI is InChI=1S/C10H7FN4O2S2/c11-15-9-2-1-8(5-7(9)6-13-15)19(16,17)14-10-12-3-4-18-10/h1-6H,(H,12,14). The molecule has 2 heterocycles. The van der Waals surface area contributed by atoms with Gasteiger partial charge in [0.25, 0.3) is 10.0 Å². The molecule has 9 heteroatoms. The highest BCUT2D eigenvalue weighted by Crippen LogP contribution is 2.22. The zero-order valence-corrected chi connectivity index (χ0v) is 10.9. The quantitative estimate of drug-likeness (QED) is 0.802. The van der Waals surface area contributed by atoms with Crippen molar-refractivity contribution in [3.63, 3.8) is 0 Å². The average Bonchev–Trinajstić information content (AvgIpc) is 2.99. The molecule has 0 aliphatic carbocycles. The van der Waals surface area contributed by atoms with Crippen LogP contribution in [0.15, 0.2) is 40.9 Å². The molecule has 0 unspecified atom stereocenters. The van der Waals surface area contributed by atoms with Gasteiger partial charge in [-0.2, -0.15) is 0 Å². The van der Waals surface area contributed by atoms with Crippen molar-refractivity contribution < 1.29 is 12.9 Å². The predicted molar refractivity (Wildman–Crippen MR) is 69.2 cm³/mol. The summed E-state index contributed by atoms with van der Waals surface area (Å²) in [7, 11) is -3.73. The average molecular weight is 298 g/mol. The Morgan fingerprint density at radius 3 is 2.95 bits per heavy atom. The summed E-state index contributed by atoms with van der Waals surface area (Å²) in [4.78, 5) is 4.07. The first-order valence-corrected chi connectivity index (χ1v) is 7.49. The van der Waals surface area contributed by atoms with Gasteiger partial charge in [0.2, 0.25) is 0 Å². The highest BCUT2D eigenvalue weighted by Gasteiger charge is 2.16. The molecule has 0 fully saturated rings. The number of thiazole rings is 1. The Kier molecular flexibility index (Phi) is 2.72. The van der Waals surface area contributed by atoms with E-state index < -0.39 is 10.0 Å². The van der Waals surface area contributed by atoms with Gasteiger partial charge >= 0.3 is 0 Å². The summed E-state index contributed by atoms with van der Waals surface area (Å²) in [6.07, 6.45) is 2.76. The molecule has 0 bridgehead atoms. The fourth-order valence-electron chi connectivity index (χ4n) is 1.59. The molecule has 0 saturated heterocycles. The van der Waals surface area contributed by atoms with E-state index in [1.807, 2.05) is 0 Å². The molecule has 3 rings (SSSR count). The lowest BCUT2D eigenvalue weighted by atomic mass is 10.3. The second-order valence-corrected chi connectivity index (χ2v) is 6.25. The van der Waals surface area contributed by atoms with Crippen molar-refractivity contribution in [3.05, 3.63) is 36.0 Å². The van der Waals surface area contributed by atoms with E-state index >= 15 is 0 Å². The largest absolute Gasteiger partial charge is 0.263 e. The van der Waals surface area contributed by atoms with E-state index in [1.54, 1.807) is 5.38 Å². The molecule has 0 aliphatic rings. The summed E-state index contributed by atoms with van der Waals surface area (Å²) < 4.78 is 39.6. The van der Waals surface area contributed by atoms with E-state index in [2.05, 4.69) is 14.8 Å². The van der Waals surface area contributed by atoms with Gasteiger partial charge < -0.3 is 0 Å². The number of benzene rings is 1. The lowest BCUT2D eigenvalue weighted by Gasteiger charge is -2.04. The summed E-state index contributed by atoms with van der Waals surface area (Å²) in [6.45, 7) is 0. The van der Waals surface area contributed by atoms with E-state index in [1.165, 1.54) is 41.9 Å². The van der Waals surface area contributed by atoms with Gasteiger partial charge in [0.15, 0.2) is 5.13 Å². The Labute approximate surface area is 111 Å². The summed E-state index contributed by atoms with van der Waals surface area (Å²) in [5.74, 6) is 0. The van der Waals surface area contributed by atoms with Crippen LogP contribution in [0.5, 0.6) is 0 Å². The topological polar surface area (TPSA) is 76.9 Å². The number of fused-ring (bicyclic) bond motifs is 1. The molecule has 0 amide bonds. The summed E-state index contributed by atoms with van der Waals surface area (Å²) in [5, 5.41) is 5.77. The first-order chi connectivity index (χ1) is 9.06. The highest BCUT2D eigenvalue weighted by atomic mass is 32.2. The minimum Gasteiger partial charge on any atom is -0.255 e. The lowest BCUT2D eigenvalue weighted by Crippen LogP contribution is -2.12. The summed E-state index contributed by atoms with van der Waals surface area (Å²) >= 11 is 1.17. The molecule has 0 saturated carbocycles. The lowest BCUT2D eigenvalue weighted by molar-refractivity contribution is 0.332. The number of nitrogens with one attached hydrogen (secondary N) is 1. The number of halogens is 1. The van der Waals surface area contributed by atoms with Gasteiger partial charge in [0.05, 0.1) is 11.1 Å². The van der Waals surface area contributed by atoms with Crippen LogP contribution in [0.2, 0.25) is 0 Å². The van der Waals surface area contributed by atoms with Gasteiger partial charge in [-0.25, -0.2) is 13.4 Å². The van der Waals surface area contributed by atoms with Crippen LogP contribution < -0.4 is 4.72 Å². The summed E-state index contributed by atoms with van der Waals surface area (Å²) in [6, 6.07) is 4.03. The zero-order chi connectivity index (χ0) is 13.5. The maximum atomic E-state index is 13.1. The fraction of sp³-hybridized carbons (Fsp3) is 0. The third-order valence-corrected chi connectivity index (χ3v) is 4.61. The molecule has 0 atom stereocenters. The van der Waals surface area contributed by atoms with Crippen LogP contribution >= 0.6 is 11.3 Å². The first kappa shape index (κ1) is 12.1. The van der Waals surface area contributed by atoms with Crippen molar-refractivity contribution in [2.75, 3.05) is 4.72 Å². The Hall–Kier alpha value is -2.00. The molecule has 3 aromatic rings. The molecule has 0 spiro atoms. The van der Waals surface area contributed by atoms with Crippen LogP contribution in [0.3, 0.4) is 0 Å². The van der Waals surface area contributed by atoms with Crippen molar-refractivity contribution >= 4 is 37.4 Å². The number of rotatable bonds is 3. The van der Waals surface area contributed by atoms with Gasteiger partial charge in [0.1, 0.15) is 5.52 Å². The molecule has 2 aromatic heterocycles. The zero-order valence-electron chi connectivity index (χ0n) is 9.32. The molecule has 0 aliphatic heterocycles. The number of nitrogens with zero attached hydrogens (tertiary/aromatic N) is 3. The molecule has 1 N–H and O–H groups in total. The van der Waals surface area contributed by atoms with Crippen LogP contribution in [0.25, 0.3) is 10.9 Å². The molecule has 1 aromatic carbocycles. The Morgan fingerprint density at radius 1 is 1.37 bits per heavy atom. The summed E-state index contributed by atoms with van der Waals surface area (Å²) in [5.41, 5.74) is 0.216. The van der Waals surface area contributed by atoms with Gasteiger partial charge in [-0.3, -0.25) is 4.72 Å². The molecule has 0 radical (unpaired) electrons. The number of hydrogen-bond acceptors (Lipinski definition) is 5. The molecule has 98 valence electrons.